The van der Waals surface area contributed by atoms with Gasteiger partial charge >= 0.3 is 6.18 Å². The second-order valence-electron chi connectivity index (χ2n) is 4.64. The molecule has 2 aromatic rings. The van der Waals surface area contributed by atoms with Crippen molar-refractivity contribution in [1.82, 2.24) is 0 Å². The fraction of sp³-hybridized carbons (Fsp3) is 0.200. The van der Waals surface area contributed by atoms with Crippen LogP contribution < -0.4 is 5.73 Å². The number of hydrogen-bond donors (Lipinski definition) is 1. The molecule has 0 aromatic heterocycles. The van der Waals surface area contributed by atoms with E-state index in [-0.39, 0.29) is 0 Å². The number of hydrogen-bond acceptors (Lipinski definition) is 1. The highest BCUT2D eigenvalue weighted by Gasteiger charge is 2.31. The van der Waals surface area contributed by atoms with E-state index in [1.54, 1.807) is 6.92 Å². The normalized spacial score (nSPS) is 15.0. The fourth-order valence-corrected chi connectivity index (χ4v) is 1.96. The van der Waals surface area contributed by atoms with Gasteiger partial charge in [-0.15, -0.1) is 0 Å². The number of nitrogens with two attached hydrogens (primary N) is 1. The molecule has 0 radical (unpaired) electrons. The minimum atomic E-state index is -4.32. The van der Waals surface area contributed by atoms with Gasteiger partial charge in [-0.2, -0.15) is 13.2 Å². The topological polar surface area (TPSA) is 26.0 Å². The molecule has 0 saturated heterocycles. The third-order valence-electron chi connectivity index (χ3n) is 3.19. The van der Waals surface area contributed by atoms with Gasteiger partial charge in [0.15, 0.2) is 0 Å². The predicted molar refractivity (Wildman–Crippen MR) is 68.5 cm³/mol. The quantitative estimate of drug-likeness (QED) is 0.874. The molecule has 0 saturated carbocycles. The lowest BCUT2D eigenvalue weighted by Gasteiger charge is -2.26. The van der Waals surface area contributed by atoms with E-state index >= 15 is 0 Å². The summed E-state index contributed by atoms with van der Waals surface area (Å²) in [5.74, 6) is 0. The lowest BCUT2D eigenvalue weighted by Crippen LogP contribution is -2.34. The largest absolute Gasteiger partial charge is 0.416 e. The molecule has 0 heterocycles. The minimum Gasteiger partial charge on any atom is -0.318 e. The highest BCUT2D eigenvalue weighted by Crippen LogP contribution is 2.32. The molecule has 19 heavy (non-hydrogen) atoms. The molecule has 2 rings (SSSR count). The molecular formula is C15H14F3N. The summed E-state index contributed by atoms with van der Waals surface area (Å²) in [6, 6.07) is 14.3. The fourth-order valence-electron chi connectivity index (χ4n) is 1.96. The van der Waals surface area contributed by atoms with Gasteiger partial charge in [0.1, 0.15) is 0 Å². The molecule has 1 unspecified atom stereocenters. The summed E-state index contributed by atoms with van der Waals surface area (Å²) in [6.07, 6.45) is -4.32. The van der Waals surface area contributed by atoms with E-state index in [9.17, 15) is 13.2 Å². The van der Waals surface area contributed by atoms with Gasteiger partial charge in [-0.05, 0) is 30.2 Å². The lowest BCUT2D eigenvalue weighted by atomic mass is 9.85. The molecule has 1 atom stereocenters. The van der Waals surface area contributed by atoms with Gasteiger partial charge in [0.05, 0.1) is 11.1 Å². The van der Waals surface area contributed by atoms with Crippen LogP contribution in [0.5, 0.6) is 0 Å². The zero-order chi connectivity index (χ0) is 14.1. The maximum absolute atomic E-state index is 12.5. The number of benzene rings is 2. The minimum absolute atomic E-state index is 0.645. The highest BCUT2D eigenvalue weighted by atomic mass is 19.4. The first-order valence-corrected chi connectivity index (χ1v) is 5.84. The molecule has 0 fully saturated rings. The Balaban J connectivity index is 2.37. The van der Waals surface area contributed by atoms with Gasteiger partial charge in [0, 0.05) is 0 Å². The van der Waals surface area contributed by atoms with E-state index in [4.69, 9.17) is 5.73 Å². The van der Waals surface area contributed by atoms with Crippen molar-refractivity contribution in [1.29, 1.82) is 0 Å². The number of rotatable bonds is 2. The standard InChI is InChI=1S/C15H14F3N/c1-14(19,11-5-3-2-4-6-11)12-7-9-13(10-8-12)15(16,17)18/h2-10H,19H2,1H3. The number of halogens is 3. The third kappa shape index (κ3) is 2.79. The average molecular weight is 265 g/mol. The predicted octanol–water partition coefficient (Wildman–Crippen LogP) is 3.93. The van der Waals surface area contributed by atoms with E-state index in [1.165, 1.54) is 12.1 Å². The van der Waals surface area contributed by atoms with Crippen LogP contribution in [-0.2, 0) is 11.7 Å². The van der Waals surface area contributed by atoms with Gasteiger partial charge in [-0.25, -0.2) is 0 Å². The maximum Gasteiger partial charge on any atom is 0.416 e. The van der Waals surface area contributed by atoms with Crippen molar-refractivity contribution >= 4 is 0 Å². The summed E-state index contributed by atoms with van der Waals surface area (Å²) in [5, 5.41) is 0. The van der Waals surface area contributed by atoms with Crippen LogP contribution in [0.3, 0.4) is 0 Å². The van der Waals surface area contributed by atoms with Crippen LogP contribution in [0.2, 0.25) is 0 Å². The monoisotopic (exact) mass is 265 g/mol. The number of alkyl halides is 3. The summed E-state index contributed by atoms with van der Waals surface area (Å²) in [4.78, 5) is 0. The Morgan fingerprint density at radius 1 is 0.737 bits per heavy atom. The molecule has 1 nitrogen and oxygen atoms in total. The molecule has 0 amide bonds. The van der Waals surface area contributed by atoms with Crippen molar-refractivity contribution in [2.24, 2.45) is 5.73 Å². The molecule has 2 aromatic carbocycles. The first kappa shape index (κ1) is 13.6. The zero-order valence-corrected chi connectivity index (χ0v) is 10.4. The van der Waals surface area contributed by atoms with Gasteiger partial charge < -0.3 is 5.73 Å². The van der Waals surface area contributed by atoms with Crippen molar-refractivity contribution in [3.63, 3.8) is 0 Å². The Morgan fingerprint density at radius 3 is 1.63 bits per heavy atom. The summed E-state index contributed by atoms with van der Waals surface area (Å²) in [7, 11) is 0. The Kier molecular flexibility index (Phi) is 3.37. The molecule has 4 heteroatoms. The molecule has 2 N–H and O–H groups in total. The Hall–Kier alpha value is -1.81. The van der Waals surface area contributed by atoms with Gasteiger partial charge in [-0.1, -0.05) is 42.5 Å². The average Bonchev–Trinajstić information content (AvgIpc) is 2.39. The second-order valence-corrected chi connectivity index (χ2v) is 4.64. The van der Waals surface area contributed by atoms with E-state index in [2.05, 4.69) is 0 Å². The van der Waals surface area contributed by atoms with E-state index in [0.29, 0.717) is 5.56 Å². The molecule has 0 aliphatic rings. The van der Waals surface area contributed by atoms with Crippen LogP contribution in [-0.4, -0.2) is 0 Å². The lowest BCUT2D eigenvalue weighted by molar-refractivity contribution is -0.137. The molecular weight excluding hydrogens is 251 g/mol. The van der Waals surface area contributed by atoms with Crippen LogP contribution >= 0.6 is 0 Å². The summed E-state index contributed by atoms with van der Waals surface area (Å²) in [5.41, 5.74) is 6.26. The molecule has 0 bridgehead atoms. The molecule has 100 valence electrons. The maximum atomic E-state index is 12.5. The van der Waals surface area contributed by atoms with Crippen molar-refractivity contribution in [2.75, 3.05) is 0 Å². The molecule has 0 aliphatic heterocycles. The third-order valence-corrected chi connectivity index (χ3v) is 3.19. The Labute approximate surface area is 109 Å². The van der Waals surface area contributed by atoms with Gasteiger partial charge in [-0.3, -0.25) is 0 Å². The molecule has 0 aliphatic carbocycles. The Bertz CT molecular complexity index is 542. The van der Waals surface area contributed by atoms with Crippen molar-refractivity contribution in [3.05, 3.63) is 71.3 Å². The summed E-state index contributed by atoms with van der Waals surface area (Å²) >= 11 is 0. The smallest absolute Gasteiger partial charge is 0.318 e. The van der Waals surface area contributed by atoms with Crippen LogP contribution in [0.1, 0.15) is 23.6 Å². The van der Waals surface area contributed by atoms with E-state index in [0.717, 1.165) is 17.7 Å². The van der Waals surface area contributed by atoms with Crippen molar-refractivity contribution in [2.45, 2.75) is 18.6 Å². The Morgan fingerprint density at radius 2 is 1.16 bits per heavy atom. The van der Waals surface area contributed by atoms with Crippen LogP contribution in [0.4, 0.5) is 13.2 Å². The van der Waals surface area contributed by atoms with Crippen LogP contribution in [0.25, 0.3) is 0 Å². The highest BCUT2D eigenvalue weighted by molar-refractivity contribution is 5.38. The van der Waals surface area contributed by atoms with Crippen molar-refractivity contribution < 1.29 is 13.2 Å². The van der Waals surface area contributed by atoms with Gasteiger partial charge in [0.25, 0.3) is 0 Å². The SMILES string of the molecule is CC(N)(c1ccccc1)c1ccc(C(F)(F)F)cc1. The first-order valence-electron chi connectivity index (χ1n) is 5.84. The second kappa shape index (κ2) is 4.70. The molecule has 0 spiro atoms. The summed E-state index contributed by atoms with van der Waals surface area (Å²) in [6.45, 7) is 1.78. The summed E-state index contributed by atoms with van der Waals surface area (Å²) < 4.78 is 37.5. The van der Waals surface area contributed by atoms with Crippen LogP contribution in [0, 0.1) is 0 Å². The first-order chi connectivity index (χ1) is 8.82. The van der Waals surface area contributed by atoms with Crippen LogP contribution in [0.15, 0.2) is 54.6 Å². The van der Waals surface area contributed by atoms with E-state index < -0.39 is 17.3 Å². The van der Waals surface area contributed by atoms with Crippen molar-refractivity contribution in [3.8, 4) is 0 Å². The van der Waals surface area contributed by atoms with Gasteiger partial charge in [0.2, 0.25) is 0 Å². The zero-order valence-electron chi connectivity index (χ0n) is 10.4. The van der Waals surface area contributed by atoms with E-state index in [1.807, 2.05) is 30.3 Å².